The molecule has 0 bridgehead atoms. The van der Waals surface area contributed by atoms with E-state index < -0.39 is 5.91 Å². The first kappa shape index (κ1) is 9.73. The monoisotopic (exact) mass is 204 g/mol. The van der Waals surface area contributed by atoms with Crippen molar-refractivity contribution in [3.05, 3.63) is 41.1 Å². The fourth-order valence-corrected chi connectivity index (χ4v) is 1.63. The predicted molar refractivity (Wildman–Crippen MR) is 56.5 cm³/mol. The Kier molecular flexibility index (Phi) is 2.43. The molecule has 1 atom stereocenters. The normalized spacial score (nSPS) is 18.7. The van der Waals surface area contributed by atoms with Crippen molar-refractivity contribution in [2.75, 3.05) is 7.11 Å². The van der Waals surface area contributed by atoms with E-state index in [1.165, 1.54) is 0 Å². The van der Waals surface area contributed by atoms with Crippen LogP contribution < -0.4 is 11.1 Å². The lowest BCUT2D eigenvalue weighted by atomic mass is 10.0. The maximum Gasteiger partial charge on any atom is 0.264 e. The zero-order valence-electron chi connectivity index (χ0n) is 8.36. The Hall–Kier alpha value is -1.81. The summed E-state index contributed by atoms with van der Waals surface area (Å²) >= 11 is 0. The second-order valence-corrected chi connectivity index (χ2v) is 3.31. The minimum atomic E-state index is -0.480. The third-order valence-corrected chi connectivity index (χ3v) is 2.37. The van der Waals surface area contributed by atoms with Crippen LogP contribution >= 0.6 is 0 Å². The van der Waals surface area contributed by atoms with Crippen molar-refractivity contribution >= 4 is 12.0 Å². The lowest BCUT2D eigenvalue weighted by Gasteiger charge is -2.25. The second kappa shape index (κ2) is 3.74. The molecule has 4 heteroatoms. The van der Waals surface area contributed by atoms with E-state index in [9.17, 15) is 4.79 Å². The van der Waals surface area contributed by atoms with Gasteiger partial charge in [-0.05, 0) is 11.6 Å². The highest BCUT2D eigenvalue weighted by Gasteiger charge is 2.21. The number of carbonyl (C=O) groups is 1. The molecule has 2 rings (SSSR count). The largest absolute Gasteiger partial charge is 0.364 e. The van der Waals surface area contributed by atoms with Crippen LogP contribution in [0.2, 0.25) is 0 Å². The summed E-state index contributed by atoms with van der Waals surface area (Å²) in [6.07, 6.45) is 1.42. The van der Waals surface area contributed by atoms with Crippen LogP contribution in [0.15, 0.2) is 30.0 Å². The van der Waals surface area contributed by atoms with Gasteiger partial charge >= 0.3 is 0 Å². The smallest absolute Gasteiger partial charge is 0.264 e. The first-order chi connectivity index (χ1) is 7.22. The number of fused-ring (bicyclic) bond motifs is 1. The molecule has 1 amide bonds. The molecule has 1 aliphatic heterocycles. The summed E-state index contributed by atoms with van der Waals surface area (Å²) in [6, 6.07) is 7.71. The van der Waals surface area contributed by atoms with Crippen molar-refractivity contribution in [3.8, 4) is 0 Å². The molecule has 0 saturated carbocycles. The minimum absolute atomic E-state index is 0.311. The zero-order valence-corrected chi connectivity index (χ0v) is 8.36. The van der Waals surface area contributed by atoms with Crippen LogP contribution in [0.3, 0.4) is 0 Å². The molecule has 4 nitrogen and oxygen atoms in total. The molecule has 1 aromatic rings. The summed E-state index contributed by atoms with van der Waals surface area (Å²) in [5, 5.41) is 2.92. The number of nitrogens with two attached hydrogens (primary N) is 1. The Labute approximate surface area is 87.7 Å². The van der Waals surface area contributed by atoms with Crippen LogP contribution in [0.4, 0.5) is 0 Å². The fraction of sp³-hybridized carbons (Fsp3) is 0.182. The standard InChI is InChI=1S/C11H12N2O2/c1-15-11-8-5-3-2-4-7(8)6-9(13-11)10(12)14/h2-6,11,13H,1H3,(H2,12,14). The molecule has 0 aliphatic carbocycles. The van der Waals surface area contributed by atoms with Gasteiger partial charge in [-0.3, -0.25) is 4.79 Å². The van der Waals surface area contributed by atoms with Gasteiger partial charge in [0, 0.05) is 12.7 Å². The van der Waals surface area contributed by atoms with E-state index in [1.807, 2.05) is 24.3 Å². The summed E-state index contributed by atoms with van der Waals surface area (Å²) in [7, 11) is 1.58. The topological polar surface area (TPSA) is 64.3 Å². The molecule has 1 aromatic carbocycles. The average Bonchev–Trinajstić information content (AvgIpc) is 2.27. The molecular formula is C11H12N2O2. The van der Waals surface area contributed by atoms with Crippen molar-refractivity contribution in [2.24, 2.45) is 5.73 Å². The van der Waals surface area contributed by atoms with E-state index in [1.54, 1.807) is 13.2 Å². The Morgan fingerprint density at radius 3 is 2.87 bits per heavy atom. The minimum Gasteiger partial charge on any atom is -0.364 e. The van der Waals surface area contributed by atoms with Crippen LogP contribution in [-0.2, 0) is 9.53 Å². The van der Waals surface area contributed by atoms with Gasteiger partial charge in [0.1, 0.15) is 5.70 Å². The number of nitrogens with one attached hydrogen (secondary N) is 1. The Balaban J connectivity index is 2.48. The van der Waals surface area contributed by atoms with Crippen molar-refractivity contribution in [2.45, 2.75) is 6.23 Å². The summed E-state index contributed by atoms with van der Waals surface area (Å²) in [5.74, 6) is -0.480. The Morgan fingerprint density at radius 1 is 1.47 bits per heavy atom. The van der Waals surface area contributed by atoms with Gasteiger partial charge in [-0.25, -0.2) is 0 Å². The van der Waals surface area contributed by atoms with E-state index in [0.29, 0.717) is 5.70 Å². The van der Waals surface area contributed by atoms with Crippen molar-refractivity contribution in [3.63, 3.8) is 0 Å². The third kappa shape index (κ3) is 1.71. The number of primary amides is 1. The maximum atomic E-state index is 11.1. The quantitative estimate of drug-likeness (QED) is 0.747. The number of methoxy groups -OCH3 is 1. The third-order valence-electron chi connectivity index (χ3n) is 2.37. The molecular weight excluding hydrogens is 192 g/mol. The molecule has 15 heavy (non-hydrogen) atoms. The van der Waals surface area contributed by atoms with Crippen LogP contribution in [0.1, 0.15) is 17.4 Å². The first-order valence-corrected chi connectivity index (χ1v) is 4.62. The molecule has 3 N–H and O–H groups in total. The number of benzene rings is 1. The predicted octanol–water partition coefficient (Wildman–Crippen LogP) is 0.761. The van der Waals surface area contributed by atoms with Crippen LogP contribution in [-0.4, -0.2) is 13.0 Å². The van der Waals surface area contributed by atoms with Gasteiger partial charge in [0.25, 0.3) is 5.91 Å². The van der Waals surface area contributed by atoms with Gasteiger partial charge in [-0.15, -0.1) is 0 Å². The highest BCUT2D eigenvalue weighted by atomic mass is 16.5. The second-order valence-electron chi connectivity index (χ2n) is 3.31. The summed E-state index contributed by atoms with van der Waals surface area (Å²) < 4.78 is 5.24. The van der Waals surface area contributed by atoms with Crippen molar-refractivity contribution in [1.29, 1.82) is 0 Å². The van der Waals surface area contributed by atoms with E-state index >= 15 is 0 Å². The van der Waals surface area contributed by atoms with Crippen LogP contribution in [0.5, 0.6) is 0 Å². The Morgan fingerprint density at radius 2 is 2.20 bits per heavy atom. The van der Waals surface area contributed by atoms with E-state index in [4.69, 9.17) is 10.5 Å². The number of carbonyl (C=O) groups excluding carboxylic acids is 1. The molecule has 0 spiro atoms. The molecule has 78 valence electrons. The number of hydrogen-bond acceptors (Lipinski definition) is 3. The number of rotatable bonds is 2. The molecule has 1 unspecified atom stereocenters. The zero-order chi connectivity index (χ0) is 10.8. The van der Waals surface area contributed by atoms with Crippen LogP contribution in [0.25, 0.3) is 6.08 Å². The van der Waals surface area contributed by atoms with E-state index in [0.717, 1.165) is 11.1 Å². The lowest BCUT2D eigenvalue weighted by molar-refractivity contribution is -0.115. The highest BCUT2D eigenvalue weighted by molar-refractivity contribution is 5.96. The number of amides is 1. The van der Waals surface area contributed by atoms with E-state index in [-0.39, 0.29) is 6.23 Å². The van der Waals surface area contributed by atoms with Crippen molar-refractivity contribution in [1.82, 2.24) is 5.32 Å². The highest BCUT2D eigenvalue weighted by Crippen LogP contribution is 2.25. The molecule has 0 fully saturated rings. The number of ether oxygens (including phenoxy) is 1. The Bertz CT molecular complexity index is 426. The number of hydrogen-bond donors (Lipinski definition) is 2. The summed E-state index contributed by atoms with van der Waals surface area (Å²) in [5.41, 5.74) is 7.55. The van der Waals surface area contributed by atoms with Gasteiger partial charge in [0.15, 0.2) is 6.23 Å². The molecule has 0 aromatic heterocycles. The van der Waals surface area contributed by atoms with Gasteiger partial charge in [-0.1, -0.05) is 24.3 Å². The maximum absolute atomic E-state index is 11.1. The lowest BCUT2D eigenvalue weighted by Crippen LogP contribution is -2.33. The van der Waals surface area contributed by atoms with Gasteiger partial charge in [-0.2, -0.15) is 0 Å². The summed E-state index contributed by atoms with van der Waals surface area (Å²) in [4.78, 5) is 11.1. The molecule has 1 heterocycles. The van der Waals surface area contributed by atoms with Gasteiger partial charge in [0.05, 0.1) is 0 Å². The fourth-order valence-electron chi connectivity index (χ4n) is 1.63. The average molecular weight is 204 g/mol. The van der Waals surface area contributed by atoms with Crippen molar-refractivity contribution < 1.29 is 9.53 Å². The van der Waals surface area contributed by atoms with Crippen LogP contribution in [0, 0.1) is 0 Å². The summed E-state index contributed by atoms with van der Waals surface area (Å²) in [6.45, 7) is 0. The van der Waals surface area contributed by atoms with E-state index in [2.05, 4.69) is 5.32 Å². The van der Waals surface area contributed by atoms with Gasteiger partial charge in [0.2, 0.25) is 0 Å². The molecule has 1 aliphatic rings. The SMILES string of the molecule is COC1NC(C(N)=O)=Cc2ccccc21. The first-order valence-electron chi connectivity index (χ1n) is 4.62. The molecule has 0 saturated heterocycles. The molecule has 0 radical (unpaired) electrons. The van der Waals surface area contributed by atoms with Gasteiger partial charge < -0.3 is 15.8 Å².